The zero-order chi connectivity index (χ0) is 14.8. The fraction of sp³-hybridized carbons (Fsp3) is 0.188. The molecule has 0 saturated carbocycles. The number of nitrogens with zero attached hydrogens (tertiary/aromatic N) is 1. The van der Waals surface area contributed by atoms with E-state index in [0.29, 0.717) is 0 Å². The Morgan fingerprint density at radius 3 is 2.81 bits per heavy atom. The van der Waals surface area contributed by atoms with E-state index in [1.54, 1.807) is 18.4 Å². The van der Waals surface area contributed by atoms with Crippen molar-refractivity contribution in [3.8, 4) is 5.75 Å². The Bertz CT molecular complexity index is 772. The fourth-order valence-electron chi connectivity index (χ4n) is 2.23. The van der Waals surface area contributed by atoms with Crippen LogP contribution in [0, 0.1) is 0 Å². The lowest BCUT2D eigenvalue weighted by atomic mass is 10.1. The number of pyridine rings is 1. The predicted octanol–water partition coefficient (Wildman–Crippen LogP) is 5.13. The summed E-state index contributed by atoms with van der Waals surface area (Å²) in [4.78, 5) is 5.64. The van der Waals surface area contributed by atoms with Crippen molar-refractivity contribution in [1.29, 1.82) is 0 Å². The quantitative estimate of drug-likeness (QED) is 0.724. The summed E-state index contributed by atoms with van der Waals surface area (Å²) in [5.74, 6) is 1.67. The van der Waals surface area contributed by atoms with Gasteiger partial charge in [-0.2, -0.15) is 0 Å². The maximum absolute atomic E-state index is 6.00. The lowest BCUT2D eigenvalue weighted by Crippen LogP contribution is -2.06. The average molecular weight is 319 g/mol. The van der Waals surface area contributed by atoms with Crippen molar-refractivity contribution < 1.29 is 4.74 Å². The van der Waals surface area contributed by atoms with Gasteiger partial charge in [0.2, 0.25) is 0 Å². The molecule has 0 bridgehead atoms. The molecule has 0 amide bonds. The number of methoxy groups -OCH3 is 1. The van der Waals surface area contributed by atoms with Crippen molar-refractivity contribution in [2.45, 2.75) is 13.0 Å². The molecular formula is C16H15ClN2OS. The first-order chi connectivity index (χ1) is 10.2. The molecule has 0 aliphatic carbocycles. The standard InChI is InChI=1S/C16H15ClN2OS/c1-10(14-5-6-15(17)21-14)19-16-13-9-12(20-2)4-3-11(13)7-8-18-16/h3-10H,1-2H3,(H,18,19). The molecule has 1 unspecified atom stereocenters. The lowest BCUT2D eigenvalue weighted by Gasteiger charge is -2.15. The van der Waals surface area contributed by atoms with Gasteiger partial charge in [0.15, 0.2) is 0 Å². The molecule has 0 aliphatic heterocycles. The molecular weight excluding hydrogens is 304 g/mol. The smallest absolute Gasteiger partial charge is 0.134 e. The second-order valence-corrected chi connectivity index (χ2v) is 6.50. The molecule has 21 heavy (non-hydrogen) atoms. The number of halogens is 1. The molecule has 3 nitrogen and oxygen atoms in total. The number of rotatable bonds is 4. The van der Waals surface area contributed by atoms with Gasteiger partial charge in [-0.25, -0.2) is 4.98 Å². The van der Waals surface area contributed by atoms with E-state index in [-0.39, 0.29) is 6.04 Å². The van der Waals surface area contributed by atoms with Crippen molar-refractivity contribution in [2.75, 3.05) is 12.4 Å². The van der Waals surface area contributed by atoms with Crippen LogP contribution in [0.25, 0.3) is 10.8 Å². The Kier molecular flexibility index (Phi) is 3.99. The van der Waals surface area contributed by atoms with Crippen molar-refractivity contribution in [1.82, 2.24) is 4.98 Å². The van der Waals surface area contributed by atoms with Crippen LogP contribution in [-0.4, -0.2) is 12.1 Å². The van der Waals surface area contributed by atoms with E-state index in [1.165, 1.54) is 4.88 Å². The number of thiophene rings is 1. The largest absolute Gasteiger partial charge is 0.497 e. The van der Waals surface area contributed by atoms with Gasteiger partial charge < -0.3 is 10.1 Å². The molecule has 2 aromatic heterocycles. The van der Waals surface area contributed by atoms with Gasteiger partial charge in [0.05, 0.1) is 17.5 Å². The van der Waals surface area contributed by atoms with Crippen molar-refractivity contribution >= 4 is 39.5 Å². The number of ether oxygens (including phenoxy) is 1. The van der Waals surface area contributed by atoms with Crippen LogP contribution in [0.3, 0.4) is 0 Å². The molecule has 1 aromatic carbocycles. The van der Waals surface area contributed by atoms with Crippen LogP contribution in [0.1, 0.15) is 17.8 Å². The molecule has 108 valence electrons. The van der Waals surface area contributed by atoms with E-state index in [1.807, 2.05) is 42.6 Å². The average Bonchev–Trinajstić information content (AvgIpc) is 2.94. The van der Waals surface area contributed by atoms with Gasteiger partial charge >= 0.3 is 0 Å². The van der Waals surface area contributed by atoms with E-state index >= 15 is 0 Å². The van der Waals surface area contributed by atoms with Gasteiger partial charge in [-0.1, -0.05) is 17.7 Å². The van der Waals surface area contributed by atoms with Gasteiger partial charge in [0.1, 0.15) is 11.6 Å². The van der Waals surface area contributed by atoms with E-state index in [2.05, 4.69) is 17.2 Å². The van der Waals surface area contributed by atoms with Crippen LogP contribution in [-0.2, 0) is 0 Å². The predicted molar refractivity (Wildman–Crippen MR) is 89.7 cm³/mol. The highest BCUT2D eigenvalue weighted by Gasteiger charge is 2.11. The first-order valence-electron chi connectivity index (χ1n) is 6.62. The van der Waals surface area contributed by atoms with Crippen LogP contribution >= 0.6 is 22.9 Å². The Morgan fingerprint density at radius 1 is 1.24 bits per heavy atom. The summed E-state index contributed by atoms with van der Waals surface area (Å²) in [5.41, 5.74) is 0. The SMILES string of the molecule is COc1ccc2ccnc(NC(C)c3ccc(Cl)s3)c2c1. The summed E-state index contributed by atoms with van der Waals surface area (Å²) in [6.45, 7) is 2.10. The van der Waals surface area contributed by atoms with Gasteiger partial charge in [-0.3, -0.25) is 0 Å². The normalized spacial score (nSPS) is 12.3. The minimum absolute atomic E-state index is 0.145. The molecule has 0 aliphatic rings. The summed E-state index contributed by atoms with van der Waals surface area (Å²) < 4.78 is 6.10. The van der Waals surface area contributed by atoms with E-state index in [9.17, 15) is 0 Å². The molecule has 1 atom stereocenters. The van der Waals surface area contributed by atoms with Crippen LogP contribution in [0.15, 0.2) is 42.6 Å². The third-order valence-corrected chi connectivity index (χ3v) is 4.76. The Balaban J connectivity index is 1.96. The number of anilines is 1. The third-order valence-electron chi connectivity index (χ3n) is 3.35. The summed E-state index contributed by atoms with van der Waals surface area (Å²) in [7, 11) is 1.67. The Labute approximate surface area is 132 Å². The minimum atomic E-state index is 0.145. The van der Waals surface area contributed by atoms with Crippen molar-refractivity contribution in [3.63, 3.8) is 0 Å². The zero-order valence-corrected chi connectivity index (χ0v) is 13.3. The highest BCUT2D eigenvalue weighted by molar-refractivity contribution is 7.16. The number of nitrogens with one attached hydrogen (secondary N) is 1. The van der Waals surface area contributed by atoms with Crippen LogP contribution in [0.4, 0.5) is 5.82 Å². The van der Waals surface area contributed by atoms with Gasteiger partial charge in [0, 0.05) is 16.5 Å². The molecule has 3 rings (SSSR count). The Morgan fingerprint density at radius 2 is 2.10 bits per heavy atom. The van der Waals surface area contributed by atoms with Gasteiger partial charge in [0.25, 0.3) is 0 Å². The minimum Gasteiger partial charge on any atom is -0.497 e. The third kappa shape index (κ3) is 2.96. The summed E-state index contributed by atoms with van der Waals surface area (Å²) in [5, 5.41) is 5.63. The topological polar surface area (TPSA) is 34.1 Å². The van der Waals surface area contributed by atoms with Crippen LogP contribution < -0.4 is 10.1 Å². The molecule has 0 fully saturated rings. The highest BCUT2D eigenvalue weighted by Crippen LogP contribution is 2.31. The molecule has 2 heterocycles. The highest BCUT2D eigenvalue weighted by atomic mass is 35.5. The van der Waals surface area contributed by atoms with Gasteiger partial charge in [-0.15, -0.1) is 11.3 Å². The molecule has 3 aromatic rings. The summed E-state index contributed by atoms with van der Waals surface area (Å²) in [6.07, 6.45) is 1.81. The number of aromatic nitrogens is 1. The molecule has 0 radical (unpaired) electrons. The number of hydrogen-bond acceptors (Lipinski definition) is 4. The summed E-state index contributed by atoms with van der Waals surface area (Å²) in [6, 6.07) is 12.1. The van der Waals surface area contributed by atoms with E-state index < -0.39 is 0 Å². The number of fused-ring (bicyclic) bond motifs is 1. The first-order valence-corrected chi connectivity index (χ1v) is 7.81. The number of hydrogen-bond donors (Lipinski definition) is 1. The fourth-order valence-corrected chi connectivity index (χ4v) is 3.29. The zero-order valence-electron chi connectivity index (χ0n) is 11.8. The van der Waals surface area contributed by atoms with Gasteiger partial charge in [-0.05, 0) is 42.6 Å². The Hall–Kier alpha value is -1.78. The van der Waals surface area contributed by atoms with Crippen molar-refractivity contribution in [3.05, 3.63) is 51.8 Å². The number of benzene rings is 1. The van der Waals surface area contributed by atoms with Crippen molar-refractivity contribution in [2.24, 2.45) is 0 Å². The van der Waals surface area contributed by atoms with E-state index in [0.717, 1.165) is 26.7 Å². The second-order valence-electron chi connectivity index (χ2n) is 4.75. The maximum Gasteiger partial charge on any atom is 0.134 e. The van der Waals surface area contributed by atoms with E-state index in [4.69, 9.17) is 16.3 Å². The maximum atomic E-state index is 6.00. The monoisotopic (exact) mass is 318 g/mol. The molecule has 0 saturated heterocycles. The van der Waals surface area contributed by atoms with Crippen LogP contribution in [0.5, 0.6) is 5.75 Å². The lowest BCUT2D eigenvalue weighted by molar-refractivity contribution is 0.415. The molecule has 0 spiro atoms. The van der Waals surface area contributed by atoms with Crippen LogP contribution in [0.2, 0.25) is 4.34 Å². The first kappa shape index (κ1) is 14.2. The summed E-state index contributed by atoms with van der Waals surface area (Å²) >= 11 is 7.58. The molecule has 5 heteroatoms. The second kappa shape index (κ2) is 5.92. The molecule has 1 N–H and O–H groups in total.